The Morgan fingerprint density at radius 3 is 2.50 bits per heavy atom. The summed E-state index contributed by atoms with van der Waals surface area (Å²) in [4.78, 5) is 2.45. The first-order chi connectivity index (χ1) is 7.58. The summed E-state index contributed by atoms with van der Waals surface area (Å²) < 4.78 is 13.6. The molecule has 0 spiro atoms. The predicted octanol–water partition coefficient (Wildman–Crippen LogP) is 2.30. The van der Waals surface area contributed by atoms with Gasteiger partial charge in [-0.2, -0.15) is 0 Å². The second-order valence-corrected chi connectivity index (χ2v) is 4.07. The van der Waals surface area contributed by atoms with Gasteiger partial charge in [-0.05, 0) is 31.3 Å². The van der Waals surface area contributed by atoms with Crippen molar-refractivity contribution in [1.82, 2.24) is 4.90 Å². The molecule has 2 nitrogen and oxygen atoms in total. The van der Waals surface area contributed by atoms with Crippen molar-refractivity contribution in [3.8, 4) is 0 Å². The van der Waals surface area contributed by atoms with Crippen molar-refractivity contribution >= 4 is 17.2 Å². The van der Waals surface area contributed by atoms with Crippen molar-refractivity contribution in [3.05, 3.63) is 35.1 Å². The van der Waals surface area contributed by atoms with Crippen LogP contribution < -0.4 is 5.73 Å². The molecule has 1 aromatic rings. The molecule has 0 aliphatic heterocycles. The number of benzene rings is 1. The summed E-state index contributed by atoms with van der Waals surface area (Å²) in [5, 5.41) is 0. The molecular weight excluding hydrogens is 223 g/mol. The SMILES string of the molecule is CCN(CC)Cc1cc(C(N)=S)ccc1F. The third-order valence-electron chi connectivity index (χ3n) is 2.62. The summed E-state index contributed by atoms with van der Waals surface area (Å²) >= 11 is 4.88. The Balaban J connectivity index is 2.93. The van der Waals surface area contributed by atoms with Crippen LogP contribution >= 0.6 is 12.2 Å². The van der Waals surface area contributed by atoms with Crippen LogP contribution in [0.3, 0.4) is 0 Å². The molecule has 0 heterocycles. The summed E-state index contributed by atoms with van der Waals surface area (Å²) in [7, 11) is 0. The van der Waals surface area contributed by atoms with Crippen molar-refractivity contribution < 1.29 is 4.39 Å². The molecule has 0 atom stereocenters. The minimum atomic E-state index is -0.202. The van der Waals surface area contributed by atoms with Gasteiger partial charge >= 0.3 is 0 Å². The number of rotatable bonds is 5. The maximum atomic E-state index is 13.6. The molecule has 0 radical (unpaired) electrons. The largest absolute Gasteiger partial charge is 0.389 e. The topological polar surface area (TPSA) is 29.3 Å². The molecule has 0 amide bonds. The lowest BCUT2D eigenvalue weighted by Gasteiger charge is -2.18. The Labute approximate surface area is 101 Å². The second kappa shape index (κ2) is 5.92. The molecule has 0 fully saturated rings. The van der Waals surface area contributed by atoms with E-state index in [0.29, 0.717) is 17.1 Å². The number of nitrogens with two attached hydrogens (primary N) is 1. The molecule has 88 valence electrons. The van der Waals surface area contributed by atoms with Crippen LogP contribution in [0.2, 0.25) is 0 Å². The summed E-state index contributed by atoms with van der Waals surface area (Å²) in [5.74, 6) is -0.202. The lowest BCUT2D eigenvalue weighted by molar-refractivity contribution is 0.291. The zero-order valence-electron chi connectivity index (χ0n) is 9.66. The fraction of sp³-hybridized carbons (Fsp3) is 0.417. The number of hydrogen-bond acceptors (Lipinski definition) is 2. The quantitative estimate of drug-likeness (QED) is 0.801. The monoisotopic (exact) mass is 240 g/mol. The first-order valence-corrected chi connectivity index (χ1v) is 5.79. The van der Waals surface area contributed by atoms with E-state index in [9.17, 15) is 4.39 Å². The van der Waals surface area contributed by atoms with Crippen LogP contribution in [0.25, 0.3) is 0 Å². The highest BCUT2D eigenvalue weighted by Crippen LogP contribution is 2.13. The van der Waals surface area contributed by atoms with Gasteiger partial charge in [0.2, 0.25) is 0 Å². The Morgan fingerprint density at radius 2 is 2.00 bits per heavy atom. The minimum absolute atomic E-state index is 0.202. The van der Waals surface area contributed by atoms with Crippen LogP contribution in [0.5, 0.6) is 0 Å². The van der Waals surface area contributed by atoms with E-state index in [2.05, 4.69) is 18.7 Å². The Bertz CT molecular complexity index is 375. The molecule has 0 bridgehead atoms. The van der Waals surface area contributed by atoms with Gasteiger partial charge in [-0.1, -0.05) is 26.1 Å². The van der Waals surface area contributed by atoms with Gasteiger partial charge in [0.05, 0.1) is 0 Å². The van der Waals surface area contributed by atoms with Gasteiger partial charge in [-0.25, -0.2) is 4.39 Å². The third-order valence-corrected chi connectivity index (χ3v) is 2.85. The molecule has 0 aliphatic carbocycles. The zero-order valence-corrected chi connectivity index (χ0v) is 10.5. The van der Waals surface area contributed by atoms with E-state index in [1.165, 1.54) is 6.07 Å². The molecular formula is C12H17FN2S. The molecule has 0 aromatic heterocycles. The van der Waals surface area contributed by atoms with Crippen LogP contribution in [0, 0.1) is 5.82 Å². The van der Waals surface area contributed by atoms with Crippen LogP contribution in [-0.2, 0) is 6.54 Å². The van der Waals surface area contributed by atoms with Crippen LogP contribution in [0.1, 0.15) is 25.0 Å². The average molecular weight is 240 g/mol. The lowest BCUT2D eigenvalue weighted by Crippen LogP contribution is -2.23. The number of hydrogen-bond donors (Lipinski definition) is 1. The van der Waals surface area contributed by atoms with Crippen molar-refractivity contribution in [2.24, 2.45) is 5.73 Å². The Hall–Kier alpha value is -1.00. The van der Waals surface area contributed by atoms with E-state index < -0.39 is 0 Å². The second-order valence-electron chi connectivity index (χ2n) is 3.63. The first kappa shape index (κ1) is 13.1. The molecule has 16 heavy (non-hydrogen) atoms. The molecule has 4 heteroatoms. The lowest BCUT2D eigenvalue weighted by atomic mass is 10.1. The number of halogens is 1. The Morgan fingerprint density at radius 1 is 1.38 bits per heavy atom. The van der Waals surface area contributed by atoms with Crippen molar-refractivity contribution in [3.63, 3.8) is 0 Å². The highest BCUT2D eigenvalue weighted by atomic mass is 32.1. The van der Waals surface area contributed by atoms with E-state index in [0.717, 1.165) is 18.7 Å². The van der Waals surface area contributed by atoms with Gasteiger partial charge in [-0.15, -0.1) is 0 Å². The number of nitrogens with zero attached hydrogens (tertiary/aromatic N) is 1. The average Bonchev–Trinajstić information content (AvgIpc) is 2.27. The summed E-state index contributed by atoms with van der Waals surface area (Å²) in [6.45, 7) is 6.49. The van der Waals surface area contributed by atoms with Gasteiger partial charge in [0.1, 0.15) is 10.8 Å². The predicted molar refractivity (Wildman–Crippen MR) is 68.9 cm³/mol. The summed E-state index contributed by atoms with van der Waals surface area (Å²) in [6, 6.07) is 4.77. The van der Waals surface area contributed by atoms with Gasteiger partial charge in [0.25, 0.3) is 0 Å². The molecule has 0 saturated carbocycles. The van der Waals surface area contributed by atoms with E-state index in [4.69, 9.17) is 18.0 Å². The van der Waals surface area contributed by atoms with E-state index in [1.54, 1.807) is 12.1 Å². The van der Waals surface area contributed by atoms with Crippen LogP contribution in [0.15, 0.2) is 18.2 Å². The minimum Gasteiger partial charge on any atom is -0.389 e. The fourth-order valence-electron chi connectivity index (χ4n) is 1.54. The standard InChI is InChI=1S/C12H17FN2S/c1-3-15(4-2)8-10-7-9(12(14)16)5-6-11(10)13/h5-7H,3-4,8H2,1-2H3,(H2,14,16). The van der Waals surface area contributed by atoms with Gasteiger partial charge in [-0.3, -0.25) is 4.90 Å². The molecule has 2 N–H and O–H groups in total. The smallest absolute Gasteiger partial charge is 0.127 e. The molecule has 1 aromatic carbocycles. The molecule has 1 rings (SSSR count). The fourth-order valence-corrected chi connectivity index (χ4v) is 1.66. The maximum absolute atomic E-state index is 13.6. The van der Waals surface area contributed by atoms with Crippen LogP contribution in [-0.4, -0.2) is 23.0 Å². The third kappa shape index (κ3) is 3.25. The van der Waals surface area contributed by atoms with E-state index in [-0.39, 0.29) is 5.82 Å². The maximum Gasteiger partial charge on any atom is 0.127 e. The van der Waals surface area contributed by atoms with Gasteiger partial charge in [0, 0.05) is 17.7 Å². The zero-order chi connectivity index (χ0) is 12.1. The normalized spacial score (nSPS) is 10.8. The van der Waals surface area contributed by atoms with E-state index >= 15 is 0 Å². The van der Waals surface area contributed by atoms with E-state index in [1.807, 2.05) is 0 Å². The molecule has 0 aliphatic rings. The van der Waals surface area contributed by atoms with Crippen molar-refractivity contribution in [2.75, 3.05) is 13.1 Å². The molecule has 0 unspecified atom stereocenters. The number of thiocarbonyl (C=S) groups is 1. The highest BCUT2D eigenvalue weighted by Gasteiger charge is 2.08. The summed E-state index contributed by atoms with van der Waals surface area (Å²) in [6.07, 6.45) is 0. The van der Waals surface area contributed by atoms with Gasteiger partial charge < -0.3 is 5.73 Å². The summed E-state index contributed by atoms with van der Waals surface area (Å²) in [5.41, 5.74) is 6.89. The van der Waals surface area contributed by atoms with Crippen LogP contribution in [0.4, 0.5) is 4.39 Å². The Kier molecular flexibility index (Phi) is 4.83. The van der Waals surface area contributed by atoms with Crippen molar-refractivity contribution in [2.45, 2.75) is 20.4 Å². The van der Waals surface area contributed by atoms with Crippen molar-refractivity contribution in [1.29, 1.82) is 0 Å². The first-order valence-electron chi connectivity index (χ1n) is 5.39. The highest BCUT2D eigenvalue weighted by molar-refractivity contribution is 7.80. The van der Waals surface area contributed by atoms with Gasteiger partial charge in [0.15, 0.2) is 0 Å². The molecule has 0 saturated heterocycles.